The van der Waals surface area contributed by atoms with E-state index in [0.717, 1.165) is 22.7 Å². The zero-order valence-corrected chi connectivity index (χ0v) is 9.76. The van der Waals surface area contributed by atoms with Crippen LogP contribution in [-0.2, 0) is 6.54 Å². The molecule has 0 saturated carbocycles. The van der Waals surface area contributed by atoms with Crippen LogP contribution in [-0.4, -0.2) is 5.96 Å². The van der Waals surface area contributed by atoms with Crippen molar-refractivity contribution in [1.82, 2.24) is 0 Å². The van der Waals surface area contributed by atoms with Gasteiger partial charge in [0.1, 0.15) is 11.5 Å². The van der Waals surface area contributed by atoms with Crippen LogP contribution in [0.5, 0.6) is 11.5 Å². The van der Waals surface area contributed by atoms with E-state index < -0.39 is 0 Å². The Morgan fingerprint density at radius 2 is 1.89 bits per heavy atom. The van der Waals surface area contributed by atoms with Gasteiger partial charge < -0.3 is 15.8 Å². The molecule has 3 rings (SSSR count). The molecular weight excluding hydrogens is 226 g/mol. The molecule has 0 aromatic heterocycles. The van der Waals surface area contributed by atoms with Gasteiger partial charge in [-0.1, -0.05) is 18.2 Å². The van der Waals surface area contributed by atoms with E-state index in [9.17, 15) is 0 Å². The lowest BCUT2D eigenvalue weighted by molar-refractivity contribution is 0.482. The van der Waals surface area contributed by atoms with Crippen LogP contribution in [0.3, 0.4) is 0 Å². The summed E-state index contributed by atoms with van der Waals surface area (Å²) in [5.74, 6) is 2.08. The molecule has 4 nitrogen and oxygen atoms in total. The molecule has 4 heteroatoms. The molecule has 0 spiro atoms. The Balaban J connectivity index is 1.84. The van der Waals surface area contributed by atoms with E-state index in [-0.39, 0.29) is 0 Å². The third-order valence-electron chi connectivity index (χ3n) is 2.74. The lowest BCUT2D eigenvalue weighted by atomic mass is 10.1. The summed E-state index contributed by atoms with van der Waals surface area (Å²) in [5.41, 5.74) is 7.69. The number of rotatable bonds is 2. The molecule has 0 fully saturated rings. The molecule has 0 aliphatic carbocycles. The quantitative estimate of drug-likeness (QED) is 0.847. The molecule has 0 amide bonds. The number of hydrogen-bond donors (Lipinski definition) is 2. The minimum Gasteiger partial charge on any atom is -0.457 e. The van der Waals surface area contributed by atoms with Crippen molar-refractivity contribution in [2.75, 3.05) is 5.32 Å². The van der Waals surface area contributed by atoms with Gasteiger partial charge in [-0.15, -0.1) is 0 Å². The highest BCUT2D eigenvalue weighted by molar-refractivity contribution is 5.94. The fourth-order valence-electron chi connectivity index (χ4n) is 1.86. The number of nitrogens with two attached hydrogens (primary N) is 1. The normalized spacial score (nSPS) is 13.2. The summed E-state index contributed by atoms with van der Waals surface area (Å²) in [6.45, 7) is 0.583. The second-order valence-corrected chi connectivity index (χ2v) is 4.06. The average molecular weight is 239 g/mol. The first kappa shape index (κ1) is 10.7. The van der Waals surface area contributed by atoms with Crippen LogP contribution in [0.1, 0.15) is 5.56 Å². The fourth-order valence-corrected chi connectivity index (χ4v) is 1.86. The van der Waals surface area contributed by atoms with Crippen molar-refractivity contribution in [2.45, 2.75) is 6.54 Å². The molecule has 90 valence electrons. The molecule has 1 heterocycles. The largest absolute Gasteiger partial charge is 0.457 e. The van der Waals surface area contributed by atoms with E-state index in [1.165, 1.54) is 0 Å². The average Bonchev–Trinajstić information content (AvgIpc) is 2.40. The molecule has 0 saturated heterocycles. The van der Waals surface area contributed by atoms with Gasteiger partial charge in [0.15, 0.2) is 5.96 Å². The fraction of sp³-hybridized carbons (Fsp3) is 0.0714. The van der Waals surface area contributed by atoms with Crippen LogP contribution >= 0.6 is 0 Å². The Hall–Kier alpha value is -2.49. The van der Waals surface area contributed by atoms with Crippen molar-refractivity contribution in [3.63, 3.8) is 0 Å². The predicted molar refractivity (Wildman–Crippen MR) is 71.9 cm³/mol. The summed E-state index contributed by atoms with van der Waals surface area (Å²) >= 11 is 0. The second-order valence-electron chi connectivity index (χ2n) is 4.06. The summed E-state index contributed by atoms with van der Waals surface area (Å²) in [4.78, 5) is 4.15. The minimum atomic E-state index is 0.458. The van der Waals surface area contributed by atoms with Gasteiger partial charge in [-0.05, 0) is 30.3 Å². The van der Waals surface area contributed by atoms with Crippen LogP contribution in [0, 0.1) is 0 Å². The number of para-hydroxylation sites is 1. The molecule has 0 atom stereocenters. The number of hydrogen-bond acceptors (Lipinski definition) is 4. The summed E-state index contributed by atoms with van der Waals surface area (Å²) in [5, 5.41) is 3.02. The van der Waals surface area contributed by atoms with Crippen LogP contribution in [0.4, 0.5) is 5.69 Å². The number of nitrogens with zero attached hydrogens (tertiary/aromatic N) is 1. The van der Waals surface area contributed by atoms with Crippen molar-refractivity contribution in [3.05, 3.63) is 54.1 Å². The molecule has 2 aromatic rings. The number of anilines is 1. The first-order chi connectivity index (χ1) is 8.81. The highest BCUT2D eigenvalue weighted by Crippen LogP contribution is 2.28. The zero-order chi connectivity index (χ0) is 12.4. The van der Waals surface area contributed by atoms with Gasteiger partial charge in [-0.2, -0.15) is 0 Å². The molecule has 0 bridgehead atoms. The van der Waals surface area contributed by atoms with E-state index in [1.54, 1.807) is 0 Å². The van der Waals surface area contributed by atoms with Crippen LogP contribution < -0.4 is 15.8 Å². The lowest BCUT2D eigenvalue weighted by Crippen LogP contribution is -2.26. The van der Waals surface area contributed by atoms with Gasteiger partial charge in [0.25, 0.3) is 0 Å². The van der Waals surface area contributed by atoms with Gasteiger partial charge in [0, 0.05) is 11.3 Å². The number of nitrogens with one attached hydrogen (secondary N) is 1. The Morgan fingerprint density at radius 3 is 2.72 bits per heavy atom. The highest BCUT2D eigenvalue weighted by atomic mass is 16.5. The molecular formula is C14H13N3O. The summed E-state index contributed by atoms with van der Waals surface area (Å²) in [6.07, 6.45) is 0. The van der Waals surface area contributed by atoms with E-state index in [0.29, 0.717) is 12.5 Å². The van der Waals surface area contributed by atoms with Crippen molar-refractivity contribution in [3.8, 4) is 11.5 Å². The summed E-state index contributed by atoms with van der Waals surface area (Å²) in [7, 11) is 0. The predicted octanol–water partition coefficient (Wildman–Crippen LogP) is 2.72. The second kappa shape index (κ2) is 4.41. The molecule has 18 heavy (non-hydrogen) atoms. The first-order valence-electron chi connectivity index (χ1n) is 5.74. The Bertz CT molecular complexity index is 593. The van der Waals surface area contributed by atoms with Gasteiger partial charge >= 0.3 is 0 Å². The smallest absolute Gasteiger partial charge is 0.193 e. The summed E-state index contributed by atoms with van der Waals surface area (Å²) < 4.78 is 5.76. The SMILES string of the molecule is NC1=NCc2cc(Oc3ccccc3)ccc2N1. The van der Waals surface area contributed by atoms with E-state index in [1.807, 2.05) is 48.5 Å². The standard InChI is InChI=1S/C14H13N3O/c15-14-16-9-10-8-12(6-7-13(10)17-14)18-11-4-2-1-3-5-11/h1-8H,9H2,(H3,15,16,17). The molecule has 0 unspecified atom stereocenters. The number of aliphatic imine (C=N–C) groups is 1. The molecule has 2 aromatic carbocycles. The van der Waals surface area contributed by atoms with Gasteiger partial charge in [-0.25, -0.2) is 4.99 Å². The van der Waals surface area contributed by atoms with Gasteiger partial charge in [0.2, 0.25) is 0 Å². The number of guanidine groups is 1. The maximum Gasteiger partial charge on any atom is 0.193 e. The Morgan fingerprint density at radius 1 is 1.06 bits per heavy atom. The van der Waals surface area contributed by atoms with Crippen LogP contribution in [0.2, 0.25) is 0 Å². The van der Waals surface area contributed by atoms with E-state index >= 15 is 0 Å². The minimum absolute atomic E-state index is 0.458. The first-order valence-corrected chi connectivity index (χ1v) is 5.74. The topological polar surface area (TPSA) is 59.6 Å². The van der Waals surface area contributed by atoms with Crippen molar-refractivity contribution >= 4 is 11.6 Å². The number of fused-ring (bicyclic) bond motifs is 1. The van der Waals surface area contributed by atoms with Crippen molar-refractivity contribution in [2.24, 2.45) is 10.7 Å². The van der Waals surface area contributed by atoms with Crippen molar-refractivity contribution in [1.29, 1.82) is 0 Å². The van der Waals surface area contributed by atoms with Gasteiger partial charge in [0.05, 0.1) is 6.54 Å². The third kappa shape index (κ3) is 2.13. The lowest BCUT2D eigenvalue weighted by Gasteiger charge is -2.16. The number of benzene rings is 2. The monoisotopic (exact) mass is 239 g/mol. The van der Waals surface area contributed by atoms with E-state index in [2.05, 4.69) is 10.3 Å². The van der Waals surface area contributed by atoms with E-state index in [4.69, 9.17) is 10.5 Å². The summed E-state index contributed by atoms with van der Waals surface area (Å²) in [6, 6.07) is 15.5. The molecule has 1 aliphatic rings. The Labute approximate surface area is 105 Å². The molecule has 0 radical (unpaired) electrons. The number of ether oxygens (including phenoxy) is 1. The highest BCUT2D eigenvalue weighted by Gasteiger charge is 2.10. The van der Waals surface area contributed by atoms with Gasteiger partial charge in [-0.3, -0.25) is 0 Å². The zero-order valence-electron chi connectivity index (χ0n) is 9.76. The van der Waals surface area contributed by atoms with Crippen molar-refractivity contribution < 1.29 is 4.74 Å². The third-order valence-corrected chi connectivity index (χ3v) is 2.74. The Kier molecular flexibility index (Phi) is 2.61. The molecule has 1 aliphatic heterocycles. The van der Waals surface area contributed by atoms with Crippen LogP contribution in [0.15, 0.2) is 53.5 Å². The maximum absolute atomic E-state index is 5.76. The van der Waals surface area contributed by atoms with Crippen LogP contribution in [0.25, 0.3) is 0 Å². The molecule has 3 N–H and O–H groups in total. The maximum atomic E-state index is 5.76.